The van der Waals surface area contributed by atoms with Crippen LogP contribution in [0.1, 0.15) is 54.2 Å². The van der Waals surface area contributed by atoms with Gasteiger partial charge in [0.25, 0.3) is 5.91 Å². The number of nitrogens with zero attached hydrogens (tertiary/aromatic N) is 5. The van der Waals surface area contributed by atoms with E-state index in [2.05, 4.69) is 16.7 Å². The minimum atomic E-state index is 0.0197. The lowest BCUT2D eigenvalue weighted by atomic mass is 9.98. The van der Waals surface area contributed by atoms with Gasteiger partial charge in [-0.3, -0.25) is 4.79 Å². The monoisotopic (exact) mass is 395 g/mol. The molecule has 0 saturated carbocycles. The van der Waals surface area contributed by atoms with Crippen molar-refractivity contribution in [2.75, 3.05) is 42.5 Å². The summed E-state index contributed by atoms with van der Waals surface area (Å²) in [6, 6.07) is 1.73. The molecule has 0 N–H and O–H groups in total. The van der Waals surface area contributed by atoms with Crippen molar-refractivity contribution in [2.24, 2.45) is 5.92 Å². The molecule has 3 aliphatic heterocycles. The Labute approximate surface area is 171 Å². The number of piperidine rings is 1. The maximum absolute atomic E-state index is 12.9. The van der Waals surface area contributed by atoms with Gasteiger partial charge in [-0.2, -0.15) is 4.98 Å². The summed E-state index contributed by atoms with van der Waals surface area (Å²) < 4.78 is 5.11. The lowest BCUT2D eigenvalue weighted by Gasteiger charge is -2.36. The van der Waals surface area contributed by atoms with Gasteiger partial charge in [0.05, 0.1) is 24.1 Å². The van der Waals surface area contributed by atoms with Crippen LogP contribution in [0, 0.1) is 5.92 Å². The van der Waals surface area contributed by atoms with Gasteiger partial charge in [-0.25, -0.2) is 4.98 Å². The van der Waals surface area contributed by atoms with Gasteiger partial charge in [0.1, 0.15) is 12.1 Å². The normalized spacial score (nSPS) is 20.2. The van der Waals surface area contributed by atoms with Crippen molar-refractivity contribution in [1.82, 2.24) is 14.9 Å². The van der Waals surface area contributed by atoms with E-state index in [0.29, 0.717) is 18.7 Å². The molecule has 0 bridgehead atoms. The summed E-state index contributed by atoms with van der Waals surface area (Å²) in [7, 11) is 0. The standard InChI is InChI=1S/C22H29N5O2/c1-16-4-10-25(11-5-16)20-18-14-27(21(28)17-7-13-29-15-17)12-6-19(18)23-22(24-20)26-8-2-3-9-26/h7,13,15-16H,2-6,8-12,14H2,1H3. The van der Waals surface area contributed by atoms with Crippen molar-refractivity contribution in [2.45, 2.75) is 45.6 Å². The third-order valence-corrected chi connectivity index (χ3v) is 6.55. The maximum atomic E-state index is 12.9. The Morgan fingerprint density at radius 1 is 1.07 bits per heavy atom. The molecular formula is C22H29N5O2. The summed E-state index contributed by atoms with van der Waals surface area (Å²) in [4.78, 5) is 29.5. The number of amides is 1. The average Bonchev–Trinajstić information content (AvgIpc) is 3.47. The second-order valence-corrected chi connectivity index (χ2v) is 8.62. The van der Waals surface area contributed by atoms with Crippen molar-refractivity contribution in [3.05, 3.63) is 35.4 Å². The molecule has 29 heavy (non-hydrogen) atoms. The molecule has 3 aliphatic rings. The number of carbonyl (C=O) groups excluding carboxylic acids is 1. The number of aromatic nitrogens is 2. The molecule has 7 nitrogen and oxygen atoms in total. The van der Waals surface area contributed by atoms with Gasteiger partial charge in [-0.1, -0.05) is 6.92 Å². The first-order valence-corrected chi connectivity index (χ1v) is 10.9. The second-order valence-electron chi connectivity index (χ2n) is 8.62. The van der Waals surface area contributed by atoms with Gasteiger partial charge in [0.15, 0.2) is 0 Å². The first-order chi connectivity index (χ1) is 14.2. The zero-order valence-corrected chi connectivity index (χ0v) is 17.1. The van der Waals surface area contributed by atoms with Crippen LogP contribution >= 0.6 is 0 Å². The SMILES string of the molecule is CC1CCN(c2nc(N3CCCC3)nc3c2CN(C(=O)c2ccoc2)CC3)CC1. The van der Waals surface area contributed by atoms with Crippen LogP contribution in [0.3, 0.4) is 0 Å². The third kappa shape index (κ3) is 3.58. The van der Waals surface area contributed by atoms with Crippen LogP contribution < -0.4 is 9.80 Å². The Kier molecular flexibility index (Phi) is 4.89. The molecule has 0 aliphatic carbocycles. The van der Waals surface area contributed by atoms with E-state index in [1.807, 2.05) is 4.90 Å². The molecule has 2 saturated heterocycles. The van der Waals surface area contributed by atoms with Gasteiger partial charge in [0, 0.05) is 44.7 Å². The van der Waals surface area contributed by atoms with Gasteiger partial charge >= 0.3 is 0 Å². The zero-order valence-electron chi connectivity index (χ0n) is 17.1. The Morgan fingerprint density at radius 3 is 2.59 bits per heavy atom. The molecule has 0 aromatic carbocycles. The Morgan fingerprint density at radius 2 is 1.86 bits per heavy atom. The molecule has 5 heterocycles. The molecule has 0 atom stereocenters. The Hall–Kier alpha value is -2.57. The first-order valence-electron chi connectivity index (χ1n) is 10.9. The second kappa shape index (κ2) is 7.69. The van der Waals surface area contributed by atoms with E-state index in [4.69, 9.17) is 14.4 Å². The van der Waals surface area contributed by atoms with Crippen LogP contribution in [0.15, 0.2) is 23.0 Å². The molecule has 2 aromatic heterocycles. The lowest BCUT2D eigenvalue weighted by molar-refractivity contribution is 0.0733. The fraction of sp³-hybridized carbons (Fsp3) is 0.591. The van der Waals surface area contributed by atoms with Crippen LogP contribution in [0.4, 0.5) is 11.8 Å². The number of hydrogen-bond acceptors (Lipinski definition) is 6. The fourth-order valence-corrected chi connectivity index (χ4v) is 4.67. The molecule has 7 heteroatoms. The van der Waals surface area contributed by atoms with Crippen LogP contribution in [0.25, 0.3) is 0 Å². The summed E-state index contributed by atoms with van der Waals surface area (Å²) >= 11 is 0. The zero-order chi connectivity index (χ0) is 19.8. The highest BCUT2D eigenvalue weighted by molar-refractivity contribution is 5.94. The summed E-state index contributed by atoms with van der Waals surface area (Å²) in [6.45, 7) is 7.72. The van der Waals surface area contributed by atoms with Gasteiger partial charge in [-0.05, 0) is 37.7 Å². The number of furan rings is 1. The average molecular weight is 396 g/mol. The van der Waals surface area contributed by atoms with Crippen molar-refractivity contribution >= 4 is 17.7 Å². The number of carbonyl (C=O) groups is 1. The van der Waals surface area contributed by atoms with Gasteiger partial charge in [0.2, 0.25) is 5.95 Å². The molecule has 5 rings (SSSR count). The largest absolute Gasteiger partial charge is 0.472 e. The molecule has 2 aromatic rings. The lowest BCUT2D eigenvalue weighted by Crippen LogP contribution is -2.40. The molecule has 2 fully saturated rings. The minimum Gasteiger partial charge on any atom is -0.472 e. The number of hydrogen-bond donors (Lipinski definition) is 0. The summed E-state index contributed by atoms with van der Waals surface area (Å²) in [5.74, 6) is 2.71. The van der Waals surface area contributed by atoms with Crippen LogP contribution in [-0.4, -0.2) is 53.5 Å². The predicted molar refractivity (Wildman–Crippen MR) is 111 cm³/mol. The summed E-state index contributed by atoms with van der Waals surface area (Å²) in [5.41, 5.74) is 2.86. The van der Waals surface area contributed by atoms with E-state index < -0.39 is 0 Å². The maximum Gasteiger partial charge on any atom is 0.257 e. The van der Waals surface area contributed by atoms with Crippen molar-refractivity contribution in [1.29, 1.82) is 0 Å². The smallest absolute Gasteiger partial charge is 0.257 e. The molecule has 0 radical (unpaired) electrons. The highest BCUT2D eigenvalue weighted by Gasteiger charge is 2.30. The topological polar surface area (TPSA) is 65.7 Å². The third-order valence-electron chi connectivity index (χ3n) is 6.55. The molecule has 154 valence electrons. The van der Waals surface area contributed by atoms with Gasteiger partial charge in [-0.15, -0.1) is 0 Å². The van der Waals surface area contributed by atoms with Crippen molar-refractivity contribution in [3.63, 3.8) is 0 Å². The molecule has 0 unspecified atom stereocenters. The number of fused-ring (bicyclic) bond motifs is 1. The van der Waals surface area contributed by atoms with E-state index in [1.54, 1.807) is 12.3 Å². The van der Waals surface area contributed by atoms with E-state index >= 15 is 0 Å². The van der Waals surface area contributed by atoms with E-state index in [1.165, 1.54) is 31.9 Å². The Balaban J connectivity index is 1.48. The molecule has 0 spiro atoms. The first kappa shape index (κ1) is 18.5. The van der Waals surface area contributed by atoms with E-state index in [0.717, 1.165) is 61.5 Å². The molecule has 1 amide bonds. The molecular weight excluding hydrogens is 366 g/mol. The fourth-order valence-electron chi connectivity index (χ4n) is 4.67. The van der Waals surface area contributed by atoms with Crippen LogP contribution in [0.2, 0.25) is 0 Å². The Bertz CT molecular complexity index is 868. The van der Waals surface area contributed by atoms with Crippen molar-refractivity contribution < 1.29 is 9.21 Å². The summed E-state index contributed by atoms with van der Waals surface area (Å²) in [5, 5.41) is 0. The van der Waals surface area contributed by atoms with Crippen LogP contribution in [-0.2, 0) is 13.0 Å². The van der Waals surface area contributed by atoms with Crippen LogP contribution in [0.5, 0.6) is 0 Å². The predicted octanol–water partition coefficient (Wildman–Crippen LogP) is 3.10. The number of anilines is 2. The van der Waals surface area contributed by atoms with Crippen molar-refractivity contribution in [3.8, 4) is 0 Å². The highest BCUT2D eigenvalue weighted by Crippen LogP contribution is 2.32. The quantitative estimate of drug-likeness (QED) is 0.796. The number of rotatable bonds is 3. The van der Waals surface area contributed by atoms with E-state index in [-0.39, 0.29) is 5.91 Å². The summed E-state index contributed by atoms with van der Waals surface area (Å²) in [6.07, 6.45) is 8.66. The minimum absolute atomic E-state index is 0.0197. The van der Waals surface area contributed by atoms with Gasteiger partial charge < -0.3 is 19.1 Å². The van der Waals surface area contributed by atoms with E-state index in [9.17, 15) is 4.79 Å². The highest BCUT2D eigenvalue weighted by atomic mass is 16.3.